The van der Waals surface area contributed by atoms with Crippen LogP contribution in [-0.4, -0.2) is 33.1 Å². The van der Waals surface area contributed by atoms with E-state index in [4.69, 9.17) is 14.2 Å². The Labute approximate surface area is 190 Å². The van der Waals surface area contributed by atoms with Crippen LogP contribution >= 0.6 is 0 Å². The van der Waals surface area contributed by atoms with E-state index >= 15 is 0 Å². The van der Waals surface area contributed by atoms with Crippen LogP contribution < -0.4 is 24.4 Å². The maximum Gasteiger partial charge on any atom is 0.282 e. The van der Waals surface area contributed by atoms with Gasteiger partial charge >= 0.3 is 0 Å². The van der Waals surface area contributed by atoms with Crippen molar-refractivity contribution in [2.45, 2.75) is 0 Å². The van der Waals surface area contributed by atoms with E-state index in [1.165, 1.54) is 38.5 Å². The molecule has 1 N–H and O–H groups in total. The Morgan fingerprint density at radius 2 is 1.42 bits per heavy atom. The second-order valence-electron chi connectivity index (χ2n) is 7.10. The molecule has 0 saturated carbocycles. The summed E-state index contributed by atoms with van der Waals surface area (Å²) in [6.45, 7) is 0. The standard InChI is InChI=1S/C25H21FN2O5/c1-31-19-11-7-17(8-12-19)27-23-22(15-4-13-20(32-2)21(14-15)33-3)24(29)28(25(23)30)18-9-5-16(26)6-10-18/h4-14,27H,1-3H3. The lowest BCUT2D eigenvalue weighted by Gasteiger charge is -2.15. The fourth-order valence-electron chi connectivity index (χ4n) is 3.55. The Hall–Kier alpha value is -4.33. The van der Waals surface area contributed by atoms with Crippen molar-refractivity contribution in [3.8, 4) is 17.2 Å². The van der Waals surface area contributed by atoms with E-state index in [0.717, 1.165) is 4.90 Å². The summed E-state index contributed by atoms with van der Waals surface area (Å²) in [5, 5.41) is 3.06. The van der Waals surface area contributed by atoms with Crippen molar-refractivity contribution in [1.29, 1.82) is 0 Å². The van der Waals surface area contributed by atoms with Crippen molar-refractivity contribution in [2.24, 2.45) is 0 Å². The zero-order valence-electron chi connectivity index (χ0n) is 18.2. The van der Waals surface area contributed by atoms with Gasteiger partial charge in [-0.2, -0.15) is 0 Å². The number of methoxy groups -OCH3 is 3. The summed E-state index contributed by atoms with van der Waals surface area (Å²) >= 11 is 0. The Balaban J connectivity index is 1.82. The van der Waals surface area contributed by atoms with E-state index in [1.54, 1.807) is 49.6 Å². The van der Waals surface area contributed by atoms with Gasteiger partial charge in [0.15, 0.2) is 11.5 Å². The van der Waals surface area contributed by atoms with Crippen molar-refractivity contribution in [2.75, 3.05) is 31.5 Å². The highest BCUT2D eigenvalue weighted by Gasteiger charge is 2.40. The van der Waals surface area contributed by atoms with E-state index in [0.29, 0.717) is 28.5 Å². The number of benzene rings is 3. The van der Waals surface area contributed by atoms with Crippen LogP contribution in [0.3, 0.4) is 0 Å². The molecule has 0 spiro atoms. The Morgan fingerprint density at radius 1 is 0.758 bits per heavy atom. The van der Waals surface area contributed by atoms with Crippen LogP contribution in [0.5, 0.6) is 17.2 Å². The predicted molar refractivity (Wildman–Crippen MR) is 122 cm³/mol. The molecule has 2 amide bonds. The Bertz CT molecular complexity index is 1240. The molecule has 0 aliphatic carbocycles. The van der Waals surface area contributed by atoms with E-state index in [9.17, 15) is 14.0 Å². The molecular formula is C25H21FN2O5. The van der Waals surface area contributed by atoms with Crippen LogP contribution in [-0.2, 0) is 9.59 Å². The summed E-state index contributed by atoms with van der Waals surface area (Å²) in [4.78, 5) is 27.9. The third-order valence-corrected chi connectivity index (χ3v) is 5.20. The fourth-order valence-corrected chi connectivity index (χ4v) is 3.55. The van der Waals surface area contributed by atoms with Gasteiger partial charge in [0, 0.05) is 5.69 Å². The zero-order chi connectivity index (χ0) is 23.5. The van der Waals surface area contributed by atoms with E-state index in [2.05, 4.69) is 5.32 Å². The molecule has 7 nitrogen and oxygen atoms in total. The summed E-state index contributed by atoms with van der Waals surface area (Å²) in [6, 6.07) is 17.0. The molecule has 33 heavy (non-hydrogen) atoms. The largest absolute Gasteiger partial charge is 0.497 e. The van der Waals surface area contributed by atoms with Crippen molar-refractivity contribution in [3.63, 3.8) is 0 Å². The summed E-state index contributed by atoms with van der Waals surface area (Å²) in [5.74, 6) is -0.0357. The molecule has 0 fully saturated rings. The zero-order valence-corrected chi connectivity index (χ0v) is 18.2. The first-order chi connectivity index (χ1) is 16.0. The van der Waals surface area contributed by atoms with E-state index in [-0.39, 0.29) is 17.0 Å². The average molecular weight is 448 g/mol. The molecule has 1 heterocycles. The van der Waals surface area contributed by atoms with Gasteiger partial charge in [-0.05, 0) is 66.2 Å². The number of hydrogen-bond acceptors (Lipinski definition) is 6. The van der Waals surface area contributed by atoms with Gasteiger partial charge in [-0.3, -0.25) is 9.59 Å². The highest BCUT2D eigenvalue weighted by Crippen LogP contribution is 2.37. The third-order valence-electron chi connectivity index (χ3n) is 5.20. The Kier molecular flexibility index (Phi) is 5.99. The number of amides is 2. The van der Waals surface area contributed by atoms with Gasteiger partial charge in [0.25, 0.3) is 11.8 Å². The topological polar surface area (TPSA) is 77.1 Å². The van der Waals surface area contributed by atoms with E-state index in [1.807, 2.05) is 0 Å². The maximum absolute atomic E-state index is 13.5. The molecule has 4 rings (SSSR count). The number of carbonyl (C=O) groups is 2. The van der Waals surface area contributed by atoms with E-state index < -0.39 is 17.6 Å². The summed E-state index contributed by atoms with van der Waals surface area (Å²) in [7, 11) is 4.55. The number of carbonyl (C=O) groups excluding carboxylic acids is 2. The second kappa shape index (κ2) is 9.04. The number of ether oxygens (including phenoxy) is 3. The normalized spacial score (nSPS) is 13.4. The Morgan fingerprint density at radius 3 is 2.03 bits per heavy atom. The van der Waals surface area contributed by atoms with Gasteiger partial charge in [-0.15, -0.1) is 0 Å². The SMILES string of the molecule is COc1ccc(NC2=C(c3ccc(OC)c(OC)c3)C(=O)N(c3ccc(F)cc3)C2=O)cc1. The first-order valence-corrected chi connectivity index (χ1v) is 9.99. The van der Waals surface area contributed by atoms with Gasteiger partial charge in [-0.25, -0.2) is 9.29 Å². The molecule has 0 bridgehead atoms. The third kappa shape index (κ3) is 4.10. The first-order valence-electron chi connectivity index (χ1n) is 9.99. The molecule has 3 aromatic carbocycles. The van der Waals surface area contributed by atoms with Crippen LogP contribution in [0.2, 0.25) is 0 Å². The van der Waals surface area contributed by atoms with Crippen molar-refractivity contribution >= 4 is 28.8 Å². The minimum atomic E-state index is -0.563. The van der Waals surface area contributed by atoms with Crippen LogP contribution in [0.4, 0.5) is 15.8 Å². The molecule has 8 heteroatoms. The quantitative estimate of drug-likeness (QED) is 0.545. The summed E-state index contributed by atoms with van der Waals surface area (Å²) in [5.41, 5.74) is 1.55. The lowest BCUT2D eigenvalue weighted by Crippen LogP contribution is -2.32. The minimum Gasteiger partial charge on any atom is -0.497 e. The molecule has 0 saturated heterocycles. The van der Waals surface area contributed by atoms with Gasteiger partial charge in [0.1, 0.15) is 17.3 Å². The first kappa shape index (κ1) is 21.9. The number of nitrogens with zero attached hydrogens (tertiary/aromatic N) is 1. The lowest BCUT2D eigenvalue weighted by atomic mass is 10.0. The van der Waals surface area contributed by atoms with Crippen molar-refractivity contribution in [3.05, 3.63) is 83.8 Å². The number of anilines is 2. The molecule has 168 valence electrons. The average Bonchev–Trinajstić information content (AvgIpc) is 3.08. The van der Waals surface area contributed by atoms with Crippen LogP contribution in [0.25, 0.3) is 5.57 Å². The van der Waals surface area contributed by atoms with Gasteiger partial charge in [-0.1, -0.05) is 6.07 Å². The molecule has 0 radical (unpaired) electrons. The van der Waals surface area contributed by atoms with Gasteiger partial charge in [0.05, 0.1) is 32.6 Å². The highest BCUT2D eigenvalue weighted by molar-refractivity contribution is 6.46. The van der Waals surface area contributed by atoms with Gasteiger partial charge < -0.3 is 19.5 Å². The minimum absolute atomic E-state index is 0.0849. The molecular weight excluding hydrogens is 427 g/mol. The highest BCUT2D eigenvalue weighted by atomic mass is 19.1. The van der Waals surface area contributed by atoms with Crippen LogP contribution in [0.15, 0.2) is 72.4 Å². The maximum atomic E-state index is 13.5. The van der Waals surface area contributed by atoms with Crippen molar-refractivity contribution < 1.29 is 28.2 Å². The smallest absolute Gasteiger partial charge is 0.282 e. The molecule has 1 aliphatic rings. The summed E-state index contributed by atoms with van der Waals surface area (Å²) < 4.78 is 29.3. The van der Waals surface area contributed by atoms with Crippen LogP contribution in [0, 0.1) is 5.82 Å². The number of hydrogen-bond donors (Lipinski definition) is 1. The van der Waals surface area contributed by atoms with Gasteiger partial charge in [0.2, 0.25) is 0 Å². The molecule has 0 atom stereocenters. The second-order valence-corrected chi connectivity index (χ2v) is 7.10. The summed E-state index contributed by atoms with van der Waals surface area (Å²) in [6.07, 6.45) is 0. The number of halogens is 1. The lowest BCUT2D eigenvalue weighted by molar-refractivity contribution is -0.120. The monoisotopic (exact) mass is 448 g/mol. The fraction of sp³-hybridized carbons (Fsp3) is 0.120. The number of imide groups is 1. The number of nitrogens with one attached hydrogen (secondary N) is 1. The predicted octanol–water partition coefficient (Wildman–Crippen LogP) is 4.25. The van der Waals surface area contributed by atoms with Crippen LogP contribution in [0.1, 0.15) is 5.56 Å². The molecule has 0 unspecified atom stereocenters. The number of rotatable bonds is 7. The molecule has 3 aromatic rings. The van der Waals surface area contributed by atoms with Crippen molar-refractivity contribution in [1.82, 2.24) is 0 Å². The molecule has 1 aliphatic heterocycles. The molecule has 0 aromatic heterocycles.